The Bertz CT molecular complexity index is 417. The van der Waals surface area contributed by atoms with Crippen molar-refractivity contribution in [2.24, 2.45) is 0 Å². The van der Waals surface area contributed by atoms with Crippen LogP contribution < -0.4 is 4.90 Å². The summed E-state index contributed by atoms with van der Waals surface area (Å²) in [6.45, 7) is 5.99. The highest BCUT2D eigenvalue weighted by Gasteiger charge is 2.28. The fourth-order valence-corrected chi connectivity index (χ4v) is 2.56. The third kappa shape index (κ3) is 2.43. The van der Waals surface area contributed by atoms with Gasteiger partial charge in [0.2, 0.25) is 0 Å². The number of nitrogens with zero attached hydrogens (tertiary/aromatic N) is 4. The highest BCUT2D eigenvalue weighted by Crippen LogP contribution is 2.26. The maximum absolute atomic E-state index is 9.41. The van der Waals surface area contributed by atoms with E-state index in [1.165, 1.54) is 6.33 Å². The zero-order valence-electron chi connectivity index (χ0n) is 11.0. The molecular weight excluding hydrogens is 252 g/mol. The fraction of sp³-hybridized carbons (Fsp3) is 0.667. The molecule has 1 saturated heterocycles. The van der Waals surface area contributed by atoms with Gasteiger partial charge in [0, 0.05) is 25.2 Å². The van der Waals surface area contributed by atoms with Gasteiger partial charge in [0.15, 0.2) is 0 Å². The van der Waals surface area contributed by atoms with Crippen LogP contribution in [0.4, 0.5) is 5.82 Å². The van der Waals surface area contributed by atoms with Crippen molar-refractivity contribution in [1.29, 1.82) is 0 Å². The highest BCUT2D eigenvalue weighted by atomic mass is 35.5. The molecule has 100 valence electrons. The standard InChI is InChI=1S/C12H19ClN4O/c1-8-4-17(5-9(2)16(8)3)12-10(6-18)11(13)14-7-15-12/h7-9,18H,4-6H2,1-3H3. The number of aliphatic hydroxyl groups is 1. The molecule has 18 heavy (non-hydrogen) atoms. The molecule has 0 aliphatic carbocycles. The van der Waals surface area contributed by atoms with Gasteiger partial charge < -0.3 is 10.0 Å². The molecule has 1 aliphatic rings. The first kappa shape index (κ1) is 13.5. The average Bonchev–Trinajstić information content (AvgIpc) is 2.35. The summed E-state index contributed by atoms with van der Waals surface area (Å²) >= 11 is 6.00. The minimum Gasteiger partial charge on any atom is -0.391 e. The quantitative estimate of drug-likeness (QED) is 0.817. The number of anilines is 1. The van der Waals surface area contributed by atoms with E-state index in [1.807, 2.05) is 0 Å². The maximum atomic E-state index is 9.41. The maximum Gasteiger partial charge on any atom is 0.140 e. The highest BCUT2D eigenvalue weighted by molar-refractivity contribution is 6.30. The molecule has 2 atom stereocenters. The molecule has 1 N–H and O–H groups in total. The SMILES string of the molecule is CC1CN(c2ncnc(Cl)c2CO)CC(C)N1C. The minimum absolute atomic E-state index is 0.135. The number of aliphatic hydroxyl groups excluding tert-OH is 1. The van der Waals surface area contributed by atoms with E-state index in [1.54, 1.807) is 0 Å². The fourth-order valence-electron chi connectivity index (χ4n) is 2.37. The molecule has 1 aromatic heterocycles. The first-order valence-electron chi connectivity index (χ1n) is 6.11. The van der Waals surface area contributed by atoms with Crippen LogP contribution in [0.2, 0.25) is 5.15 Å². The van der Waals surface area contributed by atoms with Crippen LogP contribution in [-0.2, 0) is 6.61 Å². The molecule has 1 aromatic rings. The van der Waals surface area contributed by atoms with Crippen LogP contribution in [0, 0.1) is 0 Å². The van der Waals surface area contributed by atoms with E-state index < -0.39 is 0 Å². The van der Waals surface area contributed by atoms with Crippen molar-refractivity contribution in [3.05, 3.63) is 17.0 Å². The molecular formula is C12H19ClN4O. The summed E-state index contributed by atoms with van der Waals surface area (Å²) in [5, 5.41) is 9.75. The lowest BCUT2D eigenvalue weighted by Crippen LogP contribution is -2.55. The van der Waals surface area contributed by atoms with Gasteiger partial charge in [-0.2, -0.15) is 0 Å². The lowest BCUT2D eigenvalue weighted by Gasteiger charge is -2.43. The number of halogens is 1. The predicted octanol–water partition coefficient (Wildman–Crippen LogP) is 1.15. The molecule has 0 aromatic carbocycles. The van der Waals surface area contributed by atoms with E-state index >= 15 is 0 Å². The Balaban J connectivity index is 2.29. The van der Waals surface area contributed by atoms with Gasteiger partial charge in [0.25, 0.3) is 0 Å². The Morgan fingerprint density at radius 3 is 2.50 bits per heavy atom. The Morgan fingerprint density at radius 1 is 1.33 bits per heavy atom. The number of likely N-dealkylation sites (N-methyl/N-ethyl adjacent to an activating group) is 1. The van der Waals surface area contributed by atoms with E-state index in [2.05, 4.69) is 40.7 Å². The molecule has 6 heteroatoms. The van der Waals surface area contributed by atoms with E-state index in [9.17, 15) is 5.11 Å². The second-order valence-corrected chi connectivity index (χ2v) is 5.25. The third-order valence-electron chi connectivity index (χ3n) is 3.69. The lowest BCUT2D eigenvalue weighted by molar-refractivity contribution is 0.169. The van der Waals surface area contributed by atoms with Gasteiger partial charge in [0.1, 0.15) is 17.3 Å². The number of hydrogen-bond donors (Lipinski definition) is 1. The smallest absolute Gasteiger partial charge is 0.140 e. The van der Waals surface area contributed by atoms with Gasteiger partial charge in [-0.05, 0) is 20.9 Å². The first-order valence-corrected chi connectivity index (χ1v) is 6.49. The summed E-state index contributed by atoms with van der Waals surface area (Å²) in [4.78, 5) is 12.7. The van der Waals surface area contributed by atoms with Crippen LogP contribution in [0.15, 0.2) is 6.33 Å². The van der Waals surface area contributed by atoms with Crippen molar-refractivity contribution in [3.63, 3.8) is 0 Å². The topological polar surface area (TPSA) is 52.5 Å². The Kier molecular flexibility index (Phi) is 4.04. The molecule has 5 nitrogen and oxygen atoms in total. The van der Waals surface area contributed by atoms with Crippen molar-refractivity contribution in [3.8, 4) is 0 Å². The van der Waals surface area contributed by atoms with Crippen LogP contribution in [0.5, 0.6) is 0 Å². The van der Waals surface area contributed by atoms with Crippen molar-refractivity contribution >= 4 is 17.4 Å². The molecule has 2 heterocycles. The predicted molar refractivity (Wildman–Crippen MR) is 71.9 cm³/mol. The van der Waals surface area contributed by atoms with Crippen LogP contribution in [0.3, 0.4) is 0 Å². The molecule has 1 aliphatic heterocycles. The average molecular weight is 271 g/mol. The van der Waals surface area contributed by atoms with E-state index in [0.717, 1.165) is 18.9 Å². The molecule has 0 bridgehead atoms. The summed E-state index contributed by atoms with van der Waals surface area (Å²) in [6, 6.07) is 0.878. The normalized spacial score (nSPS) is 25.5. The van der Waals surface area contributed by atoms with Crippen LogP contribution >= 0.6 is 11.6 Å². The largest absolute Gasteiger partial charge is 0.391 e. The van der Waals surface area contributed by atoms with E-state index in [0.29, 0.717) is 22.8 Å². The van der Waals surface area contributed by atoms with Crippen molar-refractivity contribution < 1.29 is 5.11 Å². The third-order valence-corrected chi connectivity index (χ3v) is 4.01. The number of aromatic nitrogens is 2. The number of rotatable bonds is 2. The van der Waals surface area contributed by atoms with Crippen molar-refractivity contribution in [2.75, 3.05) is 25.0 Å². The summed E-state index contributed by atoms with van der Waals surface area (Å²) in [5.41, 5.74) is 0.614. The second kappa shape index (κ2) is 5.38. The second-order valence-electron chi connectivity index (χ2n) is 4.89. The summed E-state index contributed by atoms with van der Waals surface area (Å²) in [5.74, 6) is 0.754. The van der Waals surface area contributed by atoms with Crippen LogP contribution in [0.1, 0.15) is 19.4 Å². The molecule has 0 saturated carbocycles. The van der Waals surface area contributed by atoms with E-state index in [4.69, 9.17) is 11.6 Å². The Morgan fingerprint density at radius 2 is 1.94 bits per heavy atom. The van der Waals surface area contributed by atoms with Gasteiger partial charge >= 0.3 is 0 Å². The van der Waals surface area contributed by atoms with Gasteiger partial charge in [0.05, 0.1) is 12.2 Å². The zero-order chi connectivity index (χ0) is 13.3. The number of piperazine rings is 1. The first-order chi connectivity index (χ1) is 8.54. The Hall–Kier alpha value is -0.910. The van der Waals surface area contributed by atoms with Gasteiger partial charge in [-0.25, -0.2) is 9.97 Å². The van der Waals surface area contributed by atoms with Gasteiger partial charge in [-0.15, -0.1) is 0 Å². The van der Waals surface area contributed by atoms with Gasteiger partial charge in [-0.3, -0.25) is 4.90 Å². The minimum atomic E-state index is -0.135. The molecule has 2 unspecified atom stereocenters. The molecule has 0 amide bonds. The number of hydrogen-bond acceptors (Lipinski definition) is 5. The van der Waals surface area contributed by atoms with Crippen LogP contribution in [-0.4, -0.2) is 52.2 Å². The van der Waals surface area contributed by atoms with Crippen LogP contribution in [0.25, 0.3) is 0 Å². The lowest BCUT2D eigenvalue weighted by atomic mass is 10.1. The molecule has 0 radical (unpaired) electrons. The van der Waals surface area contributed by atoms with Gasteiger partial charge in [-0.1, -0.05) is 11.6 Å². The monoisotopic (exact) mass is 270 g/mol. The summed E-state index contributed by atoms with van der Waals surface area (Å²) < 4.78 is 0. The molecule has 0 spiro atoms. The van der Waals surface area contributed by atoms with E-state index in [-0.39, 0.29) is 6.61 Å². The van der Waals surface area contributed by atoms with Crippen molar-refractivity contribution in [2.45, 2.75) is 32.5 Å². The summed E-state index contributed by atoms with van der Waals surface area (Å²) in [7, 11) is 2.13. The molecule has 1 fully saturated rings. The zero-order valence-corrected chi connectivity index (χ0v) is 11.7. The van der Waals surface area contributed by atoms with Crippen molar-refractivity contribution in [1.82, 2.24) is 14.9 Å². The Labute approximate surface area is 112 Å². The summed E-state index contributed by atoms with van der Waals surface area (Å²) in [6.07, 6.45) is 1.45. The molecule has 2 rings (SSSR count).